The minimum atomic E-state index is -1.18. The number of likely N-dealkylation sites (tertiary alicyclic amines) is 1. The zero-order chi connectivity index (χ0) is 15.4. The number of amides is 2. The Labute approximate surface area is 127 Å². The van der Waals surface area contributed by atoms with Gasteiger partial charge in [-0.25, -0.2) is 9.59 Å². The molecule has 1 saturated heterocycles. The summed E-state index contributed by atoms with van der Waals surface area (Å²) in [4.78, 5) is 25.1. The number of carboxylic acids is 1. The molecule has 0 radical (unpaired) electrons. The number of carboxylic acid groups (broad SMARTS) is 1. The number of carbonyl (C=O) groups is 2. The number of carbonyl (C=O) groups excluding carboxylic acids is 1. The molecule has 1 aromatic rings. The van der Waals surface area contributed by atoms with Gasteiger partial charge in [-0.2, -0.15) is 0 Å². The Hall–Kier alpha value is -1.79. The number of piperidine rings is 1. The number of halogens is 1. The molecule has 0 aliphatic carbocycles. The van der Waals surface area contributed by atoms with E-state index in [1.165, 1.54) is 12.1 Å². The number of rotatable bonds is 3. The molecule has 21 heavy (non-hydrogen) atoms. The molecule has 0 bridgehead atoms. The fourth-order valence-electron chi connectivity index (χ4n) is 2.35. The second-order valence-corrected chi connectivity index (χ2v) is 5.25. The Balaban J connectivity index is 2.13. The standard InChI is InChI=1S/C14H17ClN2O4/c1-21-9-4-3-7-17(8-9)14(20)16-11-6-2-5-10(15)12(11)13(18)19/h2,5-6,9H,3-4,7-8H2,1H3,(H,16,20)(H,18,19). The summed E-state index contributed by atoms with van der Waals surface area (Å²) < 4.78 is 5.27. The van der Waals surface area contributed by atoms with Crippen LogP contribution in [0.4, 0.5) is 10.5 Å². The number of hydrogen-bond donors (Lipinski definition) is 2. The van der Waals surface area contributed by atoms with Crippen molar-refractivity contribution in [2.45, 2.75) is 18.9 Å². The fraction of sp³-hybridized carbons (Fsp3) is 0.429. The van der Waals surface area contributed by atoms with Crippen molar-refractivity contribution in [3.63, 3.8) is 0 Å². The normalized spacial score (nSPS) is 18.4. The molecular formula is C14H17ClN2O4. The Kier molecular flexibility index (Phi) is 5.03. The molecule has 0 spiro atoms. The summed E-state index contributed by atoms with van der Waals surface area (Å²) in [7, 11) is 1.62. The molecule has 7 heteroatoms. The highest BCUT2D eigenvalue weighted by atomic mass is 35.5. The molecule has 114 valence electrons. The molecule has 2 amide bonds. The van der Waals surface area contributed by atoms with Gasteiger partial charge in [0, 0.05) is 20.2 Å². The van der Waals surface area contributed by atoms with Crippen molar-refractivity contribution in [2.24, 2.45) is 0 Å². The zero-order valence-electron chi connectivity index (χ0n) is 11.6. The highest BCUT2D eigenvalue weighted by Gasteiger charge is 2.24. The maximum Gasteiger partial charge on any atom is 0.339 e. The maximum atomic E-state index is 12.2. The highest BCUT2D eigenvalue weighted by molar-refractivity contribution is 6.34. The van der Waals surface area contributed by atoms with Crippen LogP contribution in [0.25, 0.3) is 0 Å². The number of urea groups is 1. The lowest BCUT2D eigenvalue weighted by Crippen LogP contribution is -2.45. The van der Waals surface area contributed by atoms with Gasteiger partial charge in [0.1, 0.15) is 5.56 Å². The summed E-state index contributed by atoms with van der Waals surface area (Å²) in [5.74, 6) is -1.18. The second-order valence-electron chi connectivity index (χ2n) is 4.84. The number of ether oxygens (including phenoxy) is 1. The molecule has 0 saturated carbocycles. The monoisotopic (exact) mass is 312 g/mol. The van der Waals surface area contributed by atoms with E-state index in [0.717, 1.165) is 12.8 Å². The van der Waals surface area contributed by atoms with Gasteiger partial charge < -0.3 is 20.1 Å². The summed E-state index contributed by atoms with van der Waals surface area (Å²) in [6, 6.07) is 4.24. The first-order valence-electron chi connectivity index (χ1n) is 6.63. The van der Waals surface area contributed by atoms with Crippen molar-refractivity contribution in [1.29, 1.82) is 0 Å². The van der Waals surface area contributed by atoms with Gasteiger partial charge in [0.2, 0.25) is 0 Å². The molecule has 2 rings (SSSR count). The number of benzene rings is 1. The zero-order valence-corrected chi connectivity index (χ0v) is 12.4. The van der Waals surface area contributed by atoms with E-state index in [4.69, 9.17) is 16.3 Å². The Morgan fingerprint density at radius 3 is 2.90 bits per heavy atom. The predicted octanol–water partition coefficient (Wildman–Crippen LogP) is 2.68. The Morgan fingerprint density at radius 2 is 2.24 bits per heavy atom. The molecule has 1 aliphatic rings. The first-order chi connectivity index (χ1) is 10.0. The van der Waals surface area contributed by atoms with Gasteiger partial charge in [-0.3, -0.25) is 0 Å². The lowest BCUT2D eigenvalue weighted by molar-refractivity contribution is 0.0458. The average molecular weight is 313 g/mol. The number of aromatic carboxylic acids is 1. The van der Waals surface area contributed by atoms with Crippen molar-refractivity contribution in [3.8, 4) is 0 Å². The molecule has 6 nitrogen and oxygen atoms in total. The van der Waals surface area contributed by atoms with Gasteiger partial charge in [-0.05, 0) is 25.0 Å². The van der Waals surface area contributed by atoms with E-state index in [0.29, 0.717) is 13.1 Å². The molecular weight excluding hydrogens is 296 g/mol. The lowest BCUT2D eigenvalue weighted by atomic mass is 10.1. The van der Waals surface area contributed by atoms with E-state index >= 15 is 0 Å². The van der Waals surface area contributed by atoms with Crippen molar-refractivity contribution in [1.82, 2.24) is 4.90 Å². The molecule has 1 aliphatic heterocycles. The van der Waals surface area contributed by atoms with Gasteiger partial charge in [0.05, 0.1) is 16.8 Å². The number of hydrogen-bond acceptors (Lipinski definition) is 3. The summed E-state index contributed by atoms with van der Waals surface area (Å²) in [6.45, 7) is 1.11. The van der Waals surface area contributed by atoms with Crippen LogP contribution < -0.4 is 5.32 Å². The molecule has 1 unspecified atom stereocenters. The summed E-state index contributed by atoms with van der Waals surface area (Å²) in [5.41, 5.74) is 0.0901. The van der Waals surface area contributed by atoms with Gasteiger partial charge in [0.25, 0.3) is 0 Å². The number of anilines is 1. The van der Waals surface area contributed by atoms with Crippen molar-refractivity contribution >= 4 is 29.3 Å². The number of nitrogens with one attached hydrogen (secondary N) is 1. The van der Waals surface area contributed by atoms with Crippen LogP contribution in [-0.2, 0) is 4.74 Å². The van der Waals surface area contributed by atoms with E-state index in [9.17, 15) is 14.7 Å². The van der Waals surface area contributed by atoms with Crippen LogP contribution in [0, 0.1) is 0 Å². The third kappa shape index (κ3) is 3.65. The van der Waals surface area contributed by atoms with Crippen molar-refractivity contribution < 1.29 is 19.4 Å². The van der Waals surface area contributed by atoms with E-state index in [1.807, 2.05) is 0 Å². The van der Waals surface area contributed by atoms with Crippen LogP contribution >= 0.6 is 11.6 Å². The van der Waals surface area contributed by atoms with Crippen molar-refractivity contribution in [3.05, 3.63) is 28.8 Å². The highest BCUT2D eigenvalue weighted by Crippen LogP contribution is 2.25. The van der Waals surface area contributed by atoms with E-state index < -0.39 is 5.97 Å². The van der Waals surface area contributed by atoms with Gasteiger partial charge >= 0.3 is 12.0 Å². The van der Waals surface area contributed by atoms with Crippen LogP contribution in [0.2, 0.25) is 5.02 Å². The molecule has 1 aromatic carbocycles. The van der Waals surface area contributed by atoms with Crippen molar-refractivity contribution in [2.75, 3.05) is 25.5 Å². The smallest absolute Gasteiger partial charge is 0.339 e. The topological polar surface area (TPSA) is 78.9 Å². The number of methoxy groups -OCH3 is 1. The fourth-order valence-corrected chi connectivity index (χ4v) is 2.61. The molecule has 2 N–H and O–H groups in total. The summed E-state index contributed by atoms with van der Waals surface area (Å²) >= 11 is 5.87. The largest absolute Gasteiger partial charge is 0.478 e. The predicted molar refractivity (Wildman–Crippen MR) is 79.0 cm³/mol. The SMILES string of the molecule is COC1CCCN(C(=O)Nc2cccc(Cl)c2C(=O)O)C1. The minimum Gasteiger partial charge on any atom is -0.478 e. The van der Waals surface area contributed by atoms with E-state index in [1.54, 1.807) is 18.1 Å². The van der Waals surface area contributed by atoms with Crippen LogP contribution in [0.5, 0.6) is 0 Å². The van der Waals surface area contributed by atoms with Crippen LogP contribution in [0.1, 0.15) is 23.2 Å². The van der Waals surface area contributed by atoms with Gasteiger partial charge in [-0.1, -0.05) is 17.7 Å². The van der Waals surface area contributed by atoms with Crippen LogP contribution in [0.15, 0.2) is 18.2 Å². The Bertz CT molecular complexity index is 550. The second kappa shape index (κ2) is 6.78. The lowest BCUT2D eigenvalue weighted by Gasteiger charge is -2.32. The van der Waals surface area contributed by atoms with E-state index in [2.05, 4.69) is 5.32 Å². The summed E-state index contributed by atoms with van der Waals surface area (Å²) in [5, 5.41) is 11.9. The van der Waals surface area contributed by atoms with Gasteiger partial charge in [0.15, 0.2) is 0 Å². The quantitative estimate of drug-likeness (QED) is 0.899. The van der Waals surface area contributed by atoms with Gasteiger partial charge in [-0.15, -0.1) is 0 Å². The number of nitrogens with zero attached hydrogens (tertiary/aromatic N) is 1. The van der Waals surface area contributed by atoms with Crippen LogP contribution in [0.3, 0.4) is 0 Å². The third-order valence-electron chi connectivity index (χ3n) is 3.47. The molecule has 1 heterocycles. The Morgan fingerprint density at radius 1 is 1.48 bits per heavy atom. The first kappa shape index (κ1) is 15.6. The van der Waals surface area contributed by atoms with E-state index in [-0.39, 0.29) is 28.4 Å². The maximum absolute atomic E-state index is 12.2. The van der Waals surface area contributed by atoms with Crippen LogP contribution in [-0.4, -0.2) is 48.3 Å². The molecule has 0 aromatic heterocycles. The third-order valence-corrected chi connectivity index (χ3v) is 3.78. The molecule has 1 fully saturated rings. The molecule has 1 atom stereocenters. The first-order valence-corrected chi connectivity index (χ1v) is 7.01. The average Bonchev–Trinajstić information content (AvgIpc) is 2.47. The minimum absolute atomic E-state index is 0.0165. The summed E-state index contributed by atoms with van der Waals surface area (Å²) in [6.07, 6.45) is 1.79.